The fourth-order valence-corrected chi connectivity index (χ4v) is 0.563. The van der Waals surface area contributed by atoms with Crippen molar-refractivity contribution in [3.63, 3.8) is 0 Å². The maximum Gasteiger partial charge on any atom is 0.0701 e. The van der Waals surface area contributed by atoms with Crippen LogP contribution in [0.3, 0.4) is 0 Å². The molecule has 0 unspecified atom stereocenters. The Morgan fingerprint density at radius 1 is 0.923 bits per heavy atom. The fourth-order valence-electron chi connectivity index (χ4n) is 0.563. The summed E-state index contributed by atoms with van der Waals surface area (Å²) in [5, 5.41) is 3.11. The highest BCUT2D eigenvalue weighted by atomic mass is 16.5. The Kier molecular flexibility index (Phi) is 11.7. The van der Waals surface area contributed by atoms with Crippen LogP contribution in [-0.2, 0) is 14.2 Å². The van der Waals surface area contributed by atoms with Crippen LogP contribution >= 0.6 is 0 Å². The Bertz CT molecular complexity index is 76.9. The van der Waals surface area contributed by atoms with E-state index in [1.165, 1.54) is 19.5 Å². The summed E-state index contributed by atoms with van der Waals surface area (Å²) in [4.78, 5) is 0. The number of rotatable bonds is 6. The molecule has 0 aromatic heterocycles. The highest BCUT2D eigenvalue weighted by Gasteiger charge is 1.92. The molecule has 0 bridgehead atoms. The summed E-state index contributed by atoms with van der Waals surface area (Å²) < 4.78 is 14.6. The van der Waals surface area contributed by atoms with Crippen molar-refractivity contribution in [2.24, 2.45) is 0 Å². The van der Waals surface area contributed by atoms with E-state index in [-0.39, 0.29) is 0 Å². The van der Waals surface area contributed by atoms with Crippen LogP contribution in [0.25, 0.3) is 0 Å². The van der Waals surface area contributed by atoms with E-state index in [1.807, 2.05) is 0 Å². The first-order valence-corrected chi connectivity index (χ1v) is 4.68. The van der Waals surface area contributed by atoms with Crippen LogP contribution in [-0.4, -0.2) is 53.7 Å². The number of methoxy groups -OCH3 is 2. The highest BCUT2D eigenvalue weighted by molar-refractivity contribution is 4.56. The van der Waals surface area contributed by atoms with E-state index in [0.717, 1.165) is 0 Å². The first-order valence-electron chi connectivity index (χ1n) is 4.68. The Balaban J connectivity index is 0.000000293. The van der Waals surface area contributed by atoms with Crippen molar-refractivity contribution in [1.29, 1.82) is 0 Å². The second-order valence-corrected chi connectivity index (χ2v) is 2.70. The van der Waals surface area contributed by atoms with Gasteiger partial charge in [-0.2, -0.15) is 0 Å². The SMILES string of the molecule is C1CNC1.COCCOCCOC. The molecule has 1 aliphatic rings. The zero-order valence-electron chi connectivity index (χ0n) is 8.67. The largest absolute Gasteiger partial charge is 0.382 e. The van der Waals surface area contributed by atoms with E-state index in [1.54, 1.807) is 14.2 Å². The van der Waals surface area contributed by atoms with Crippen molar-refractivity contribution in [3.8, 4) is 0 Å². The highest BCUT2D eigenvalue weighted by Crippen LogP contribution is 1.80. The van der Waals surface area contributed by atoms with Crippen molar-refractivity contribution in [2.75, 3.05) is 53.7 Å². The number of hydrogen-bond acceptors (Lipinski definition) is 4. The molecular formula is C9H21NO3. The molecule has 1 fully saturated rings. The lowest BCUT2D eigenvalue weighted by Crippen LogP contribution is -2.29. The summed E-state index contributed by atoms with van der Waals surface area (Å²) in [5.41, 5.74) is 0. The number of ether oxygens (including phenoxy) is 3. The molecule has 13 heavy (non-hydrogen) atoms. The van der Waals surface area contributed by atoms with Gasteiger partial charge in [0.25, 0.3) is 0 Å². The van der Waals surface area contributed by atoms with Gasteiger partial charge in [0.1, 0.15) is 0 Å². The van der Waals surface area contributed by atoms with E-state index in [2.05, 4.69) is 5.32 Å². The molecule has 1 saturated heterocycles. The van der Waals surface area contributed by atoms with Crippen molar-refractivity contribution < 1.29 is 14.2 Å². The normalized spacial score (nSPS) is 14.3. The number of nitrogens with one attached hydrogen (secondary N) is 1. The van der Waals surface area contributed by atoms with Gasteiger partial charge in [-0.3, -0.25) is 0 Å². The van der Waals surface area contributed by atoms with Crippen LogP contribution in [0.2, 0.25) is 0 Å². The summed E-state index contributed by atoms with van der Waals surface area (Å²) in [5.74, 6) is 0. The summed E-state index contributed by atoms with van der Waals surface area (Å²) in [6.45, 7) is 5.12. The molecule has 1 N–H and O–H groups in total. The molecular weight excluding hydrogens is 170 g/mol. The van der Waals surface area contributed by atoms with Gasteiger partial charge in [0.2, 0.25) is 0 Å². The van der Waals surface area contributed by atoms with E-state index in [0.29, 0.717) is 26.4 Å². The van der Waals surface area contributed by atoms with Gasteiger partial charge in [0, 0.05) is 14.2 Å². The van der Waals surface area contributed by atoms with Gasteiger partial charge in [-0.1, -0.05) is 0 Å². The molecule has 1 heterocycles. The lowest BCUT2D eigenvalue weighted by Gasteiger charge is -2.09. The third kappa shape index (κ3) is 11.8. The predicted octanol–water partition coefficient (Wildman–Crippen LogP) is 0.276. The molecule has 0 spiro atoms. The average molecular weight is 191 g/mol. The quantitative estimate of drug-likeness (QED) is 0.612. The van der Waals surface area contributed by atoms with Gasteiger partial charge in [-0.15, -0.1) is 0 Å². The van der Waals surface area contributed by atoms with E-state index >= 15 is 0 Å². The Hall–Kier alpha value is -0.160. The molecule has 0 aromatic rings. The van der Waals surface area contributed by atoms with Gasteiger partial charge in [-0.25, -0.2) is 0 Å². The second-order valence-electron chi connectivity index (χ2n) is 2.70. The average Bonchev–Trinajstić information content (AvgIpc) is 2.01. The van der Waals surface area contributed by atoms with Crippen LogP contribution in [0.1, 0.15) is 6.42 Å². The van der Waals surface area contributed by atoms with Gasteiger partial charge in [0.15, 0.2) is 0 Å². The standard InChI is InChI=1S/C6H14O3.C3H7N/c1-7-3-5-9-6-4-8-2;1-2-4-3-1/h3-6H2,1-2H3;4H,1-3H2. The van der Waals surface area contributed by atoms with Crippen molar-refractivity contribution in [3.05, 3.63) is 0 Å². The van der Waals surface area contributed by atoms with Crippen molar-refractivity contribution in [1.82, 2.24) is 5.32 Å². The van der Waals surface area contributed by atoms with E-state index in [9.17, 15) is 0 Å². The Morgan fingerprint density at radius 3 is 1.54 bits per heavy atom. The minimum atomic E-state index is 0.653. The third-order valence-corrected chi connectivity index (χ3v) is 1.57. The maximum absolute atomic E-state index is 5.06. The van der Waals surface area contributed by atoms with Crippen molar-refractivity contribution in [2.45, 2.75) is 6.42 Å². The molecule has 0 atom stereocenters. The van der Waals surface area contributed by atoms with Gasteiger partial charge in [-0.05, 0) is 19.5 Å². The monoisotopic (exact) mass is 191 g/mol. The van der Waals surface area contributed by atoms with Crippen LogP contribution < -0.4 is 5.32 Å². The molecule has 0 amide bonds. The summed E-state index contributed by atoms with van der Waals surface area (Å²) in [6.07, 6.45) is 1.39. The zero-order chi connectivity index (χ0) is 9.78. The molecule has 4 heteroatoms. The minimum Gasteiger partial charge on any atom is -0.382 e. The van der Waals surface area contributed by atoms with Crippen LogP contribution in [0.15, 0.2) is 0 Å². The summed E-state index contributed by atoms with van der Waals surface area (Å²) >= 11 is 0. The molecule has 0 aliphatic carbocycles. The molecule has 0 aromatic carbocycles. The lowest BCUT2D eigenvalue weighted by atomic mass is 10.3. The summed E-state index contributed by atoms with van der Waals surface area (Å²) in [7, 11) is 3.30. The van der Waals surface area contributed by atoms with Crippen LogP contribution in [0, 0.1) is 0 Å². The zero-order valence-corrected chi connectivity index (χ0v) is 8.67. The Morgan fingerprint density at radius 2 is 1.31 bits per heavy atom. The summed E-state index contributed by atoms with van der Waals surface area (Å²) in [6, 6.07) is 0. The molecule has 0 radical (unpaired) electrons. The molecule has 4 nitrogen and oxygen atoms in total. The fraction of sp³-hybridized carbons (Fsp3) is 1.00. The lowest BCUT2D eigenvalue weighted by molar-refractivity contribution is 0.0385. The third-order valence-electron chi connectivity index (χ3n) is 1.57. The topological polar surface area (TPSA) is 39.7 Å². The second kappa shape index (κ2) is 11.8. The van der Waals surface area contributed by atoms with Gasteiger partial charge < -0.3 is 19.5 Å². The molecule has 1 aliphatic heterocycles. The molecule has 80 valence electrons. The van der Waals surface area contributed by atoms with E-state index < -0.39 is 0 Å². The first kappa shape index (κ1) is 12.8. The van der Waals surface area contributed by atoms with Gasteiger partial charge in [0.05, 0.1) is 26.4 Å². The minimum absolute atomic E-state index is 0.653. The smallest absolute Gasteiger partial charge is 0.0701 e. The maximum atomic E-state index is 5.06. The van der Waals surface area contributed by atoms with Gasteiger partial charge >= 0.3 is 0 Å². The van der Waals surface area contributed by atoms with E-state index in [4.69, 9.17) is 14.2 Å². The Labute approximate surface area is 80.5 Å². The molecule has 1 rings (SSSR count). The number of hydrogen-bond donors (Lipinski definition) is 1. The predicted molar refractivity (Wildman–Crippen MR) is 52.1 cm³/mol. The van der Waals surface area contributed by atoms with Crippen LogP contribution in [0.5, 0.6) is 0 Å². The molecule has 0 saturated carbocycles. The van der Waals surface area contributed by atoms with Crippen LogP contribution in [0.4, 0.5) is 0 Å². The first-order chi connectivity index (χ1) is 6.41. The van der Waals surface area contributed by atoms with Crippen molar-refractivity contribution >= 4 is 0 Å².